The summed E-state index contributed by atoms with van der Waals surface area (Å²) in [5.74, 6) is 0.426. The van der Waals surface area contributed by atoms with Crippen LogP contribution in [0, 0.1) is 11.7 Å². The van der Waals surface area contributed by atoms with Gasteiger partial charge in [-0.25, -0.2) is 4.39 Å². The maximum atomic E-state index is 13.5. The second-order valence-corrected chi connectivity index (χ2v) is 6.02. The zero-order valence-corrected chi connectivity index (χ0v) is 13.4. The topological polar surface area (TPSA) is 18.5 Å². The molecule has 4 heteroatoms. The normalized spacial score (nSPS) is 11.4. The van der Waals surface area contributed by atoms with Crippen molar-refractivity contribution in [3.8, 4) is 0 Å². The number of rotatable bonds is 8. The van der Waals surface area contributed by atoms with Crippen molar-refractivity contribution < 1.29 is 4.39 Å². The van der Waals surface area contributed by atoms with Crippen LogP contribution >= 0.6 is 0 Å². The van der Waals surface area contributed by atoms with Gasteiger partial charge in [-0.1, -0.05) is 13.8 Å². The maximum Gasteiger partial charge on any atom is 0.123 e. The van der Waals surface area contributed by atoms with E-state index in [1.54, 1.807) is 6.07 Å². The molecule has 0 aromatic heterocycles. The molecule has 0 bridgehead atoms. The Labute approximate surface area is 122 Å². The summed E-state index contributed by atoms with van der Waals surface area (Å²) < 4.78 is 13.5. The van der Waals surface area contributed by atoms with Gasteiger partial charge in [0.15, 0.2) is 0 Å². The van der Waals surface area contributed by atoms with E-state index in [0.717, 1.165) is 30.9 Å². The fourth-order valence-corrected chi connectivity index (χ4v) is 2.03. The Morgan fingerprint density at radius 1 is 1.15 bits per heavy atom. The van der Waals surface area contributed by atoms with Crippen molar-refractivity contribution in [1.82, 2.24) is 10.2 Å². The lowest BCUT2D eigenvalue weighted by atomic mass is 10.1. The van der Waals surface area contributed by atoms with E-state index in [1.807, 2.05) is 6.07 Å². The monoisotopic (exact) mass is 281 g/mol. The van der Waals surface area contributed by atoms with Gasteiger partial charge in [-0.3, -0.25) is 0 Å². The first-order valence-electron chi connectivity index (χ1n) is 7.25. The summed E-state index contributed by atoms with van der Waals surface area (Å²) in [4.78, 5) is 4.34. The predicted octanol–water partition coefficient (Wildman–Crippen LogP) is 2.57. The molecule has 0 saturated carbocycles. The summed E-state index contributed by atoms with van der Waals surface area (Å²) in [5.41, 5.74) is 2.12. The van der Waals surface area contributed by atoms with Crippen molar-refractivity contribution in [2.75, 3.05) is 45.7 Å². The Kier molecular flexibility index (Phi) is 6.96. The molecule has 1 rings (SSSR count). The van der Waals surface area contributed by atoms with Crippen LogP contribution < -0.4 is 10.2 Å². The highest BCUT2D eigenvalue weighted by atomic mass is 19.1. The molecule has 0 saturated heterocycles. The highest BCUT2D eigenvalue weighted by Crippen LogP contribution is 2.20. The van der Waals surface area contributed by atoms with Crippen LogP contribution in [0.1, 0.15) is 19.4 Å². The summed E-state index contributed by atoms with van der Waals surface area (Å²) in [6.07, 6.45) is 0. The minimum Gasteiger partial charge on any atom is -0.373 e. The molecule has 0 amide bonds. The Bertz CT molecular complexity index is 405. The molecule has 1 aromatic rings. The molecule has 0 fully saturated rings. The van der Waals surface area contributed by atoms with E-state index >= 15 is 0 Å². The third-order valence-electron chi connectivity index (χ3n) is 3.20. The van der Waals surface area contributed by atoms with Crippen molar-refractivity contribution in [2.24, 2.45) is 5.92 Å². The van der Waals surface area contributed by atoms with E-state index in [4.69, 9.17) is 0 Å². The van der Waals surface area contributed by atoms with Crippen LogP contribution in [-0.4, -0.2) is 45.7 Å². The maximum absolute atomic E-state index is 13.5. The molecule has 1 N–H and O–H groups in total. The summed E-state index contributed by atoms with van der Waals surface area (Å²) in [6.45, 7) is 7.89. The van der Waals surface area contributed by atoms with Gasteiger partial charge in [-0.15, -0.1) is 0 Å². The number of likely N-dealkylation sites (N-methyl/N-ethyl adjacent to an activating group) is 2. The predicted molar refractivity (Wildman–Crippen MR) is 84.8 cm³/mol. The average molecular weight is 281 g/mol. The van der Waals surface area contributed by atoms with E-state index in [1.165, 1.54) is 6.07 Å². The first-order chi connectivity index (χ1) is 9.40. The fraction of sp³-hybridized carbons (Fsp3) is 0.625. The Hall–Kier alpha value is -1.13. The van der Waals surface area contributed by atoms with Gasteiger partial charge in [-0.2, -0.15) is 0 Å². The van der Waals surface area contributed by atoms with Gasteiger partial charge in [-0.05, 0) is 50.3 Å². The second-order valence-electron chi connectivity index (χ2n) is 6.02. The van der Waals surface area contributed by atoms with E-state index < -0.39 is 0 Å². The van der Waals surface area contributed by atoms with Crippen LogP contribution in [0.3, 0.4) is 0 Å². The first kappa shape index (κ1) is 16.9. The summed E-state index contributed by atoms with van der Waals surface area (Å²) in [7, 11) is 6.18. The van der Waals surface area contributed by atoms with Crippen LogP contribution in [-0.2, 0) is 6.54 Å². The number of anilines is 1. The molecule has 0 aliphatic rings. The van der Waals surface area contributed by atoms with Gasteiger partial charge in [0.05, 0.1) is 0 Å². The van der Waals surface area contributed by atoms with Gasteiger partial charge < -0.3 is 15.1 Å². The van der Waals surface area contributed by atoms with Crippen molar-refractivity contribution in [3.05, 3.63) is 29.6 Å². The SMILES string of the molecule is CC(C)CNCc1cc(F)ccc1N(C)CCN(C)C. The molecule has 0 atom stereocenters. The molecular formula is C16H28FN3. The number of benzene rings is 1. The summed E-state index contributed by atoms with van der Waals surface area (Å²) in [5, 5.41) is 3.38. The van der Waals surface area contributed by atoms with Crippen molar-refractivity contribution in [3.63, 3.8) is 0 Å². The van der Waals surface area contributed by atoms with Crippen molar-refractivity contribution in [1.29, 1.82) is 0 Å². The van der Waals surface area contributed by atoms with E-state index in [9.17, 15) is 4.39 Å². The lowest BCUT2D eigenvalue weighted by Crippen LogP contribution is -2.30. The highest BCUT2D eigenvalue weighted by molar-refractivity contribution is 5.53. The third kappa shape index (κ3) is 5.88. The van der Waals surface area contributed by atoms with Crippen molar-refractivity contribution >= 4 is 5.69 Å². The van der Waals surface area contributed by atoms with Crippen LogP contribution in [0.4, 0.5) is 10.1 Å². The Morgan fingerprint density at radius 2 is 1.85 bits per heavy atom. The summed E-state index contributed by atoms with van der Waals surface area (Å²) >= 11 is 0. The minimum absolute atomic E-state index is 0.170. The number of nitrogens with one attached hydrogen (secondary N) is 1. The number of hydrogen-bond donors (Lipinski definition) is 1. The first-order valence-corrected chi connectivity index (χ1v) is 7.25. The zero-order valence-electron chi connectivity index (χ0n) is 13.4. The van der Waals surface area contributed by atoms with Crippen LogP contribution in [0.25, 0.3) is 0 Å². The van der Waals surface area contributed by atoms with Gasteiger partial charge in [0.25, 0.3) is 0 Å². The third-order valence-corrected chi connectivity index (χ3v) is 3.20. The Morgan fingerprint density at radius 3 is 2.45 bits per heavy atom. The average Bonchev–Trinajstić information content (AvgIpc) is 2.35. The fourth-order valence-electron chi connectivity index (χ4n) is 2.03. The molecule has 0 radical (unpaired) electrons. The molecule has 3 nitrogen and oxygen atoms in total. The van der Waals surface area contributed by atoms with Gasteiger partial charge in [0.2, 0.25) is 0 Å². The molecular weight excluding hydrogens is 253 g/mol. The smallest absolute Gasteiger partial charge is 0.123 e. The quantitative estimate of drug-likeness (QED) is 0.790. The summed E-state index contributed by atoms with van der Waals surface area (Å²) in [6, 6.07) is 5.04. The van der Waals surface area contributed by atoms with E-state index in [2.05, 4.69) is 50.1 Å². The number of hydrogen-bond acceptors (Lipinski definition) is 3. The largest absolute Gasteiger partial charge is 0.373 e. The molecule has 1 aromatic carbocycles. The van der Waals surface area contributed by atoms with Crippen LogP contribution in [0.5, 0.6) is 0 Å². The standard InChI is InChI=1S/C16H28FN3/c1-13(2)11-18-12-14-10-15(17)6-7-16(14)20(5)9-8-19(3)4/h6-7,10,13,18H,8-9,11-12H2,1-5H3. The lowest BCUT2D eigenvalue weighted by Gasteiger charge is -2.24. The molecule has 0 unspecified atom stereocenters. The van der Waals surface area contributed by atoms with Crippen molar-refractivity contribution in [2.45, 2.75) is 20.4 Å². The van der Waals surface area contributed by atoms with Crippen LogP contribution in [0.15, 0.2) is 18.2 Å². The van der Waals surface area contributed by atoms with E-state index in [0.29, 0.717) is 12.5 Å². The minimum atomic E-state index is -0.170. The highest BCUT2D eigenvalue weighted by Gasteiger charge is 2.09. The van der Waals surface area contributed by atoms with E-state index in [-0.39, 0.29) is 5.82 Å². The molecule has 0 aliphatic heterocycles. The second kappa shape index (κ2) is 8.22. The van der Waals surface area contributed by atoms with Crippen LogP contribution in [0.2, 0.25) is 0 Å². The van der Waals surface area contributed by atoms with Gasteiger partial charge >= 0.3 is 0 Å². The molecule has 0 spiro atoms. The molecule has 114 valence electrons. The zero-order chi connectivity index (χ0) is 15.1. The van der Waals surface area contributed by atoms with Gasteiger partial charge in [0.1, 0.15) is 5.82 Å². The number of nitrogens with zero attached hydrogens (tertiary/aromatic N) is 2. The molecule has 0 heterocycles. The molecule has 20 heavy (non-hydrogen) atoms. The molecule has 0 aliphatic carbocycles. The lowest BCUT2D eigenvalue weighted by molar-refractivity contribution is 0.416. The van der Waals surface area contributed by atoms with Gasteiger partial charge in [0, 0.05) is 32.4 Å². The Balaban J connectivity index is 2.73. The number of halogens is 1.